The van der Waals surface area contributed by atoms with Gasteiger partial charge in [0.25, 0.3) is 5.91 Å². The van der Waals surface area contributed by atoms with Gasteiger partial charge in [0.2, 0.25) is 0 Å². The van der Waals surface area contributed by atoms with Crippen LogP contribution >= 0.6 is 0 Å². The Bertz CT molecular complexity index is 1440. The molecule has 2 unspecified atom stereocenters. The first-order valence-electron chi connectivity index (χ1n) is 12.4. The molecule has 1 amide bonds. The number of carbonyl (C=O) groups excluding carboxylic acids is 1. The van der Waals surface area contributed by atoms with Gasteiger partial charge in [-0.2, -0.15) is 17.8 Å². The van der Waals surface area contributed by atoms with Crippen LogP contribution in [0.1, 0.15) is 41.7 Å². The Morgan fingerprint density at radius 3 is 2.87 bits per heavy atom. The van der Waals surface area contributed by atoms with Crippen LogP contribution in [0.25, 0.3) is 5.52 Å². The van der Waals surface area contributed by atoms with Crippen LogP contribution < -0.4 is 14.4 Å². The van der Waals surface area contributed by atoms with Crippen molar-refractivity contribution in [2.75, 3.05) is 38.3 Å². The van der Waals surface area contributed by atoms with Crippen LogP contribution in [0.2, 0.25) is 0 Å². The number of nitrogens with one attached hydrogen (secondary N) is 1. The summed E-state index contributed by atoms with van der Waals surface area (Å²) in [5.41, 5.74) is 1.49. The summed E-state index contributed by atoms with van der Waals surface area (Å²) in [5, 5.41) is 4.15. The predicted molar refractivity (Wildman–Crippen MR) is 136 cm³/mol. The largest absolute Gasteiger partial charge is 0.488 e. The SMILES string of the molecule is CCN(C)S(=O)(=O)NC(=O)c1cnn2ccc(N3CC(F)C[C@@H]3c3cc(F)ccc3OC3CCOC3)cc12. The van der Waals surface area contributed by atoms with Crippen molar-refractivity contribution >= 4 is 27.3 Å². The number of fused-ring (bicyclic) bond motifs is 1. The molecule has 13 heteroatoms. The number of hydrogen-bond acceptors (Lipinski definition) is 7. The van der Waals surface area contributed by atoms with Gasteiger partial charge in [0.05, 0.1) is 36.5 Å². The Hall–Kier alpha value is -3.29. The normalized spacial score (nSPS) is 21.9. The standard InChI is InChI=1S/C25H29F2N5O5S/c1-3-30(2)38(34,35)29-25(33)21-13-28-32-8-6-18(12-23(21)32)31-14-17(27)11-22(31)20-10-16(26)4-5-24(20)37-19-7-9-36-15-19/h4-6,8,10,12-13,17,19,22H,3,7,9,11,14-15H2,1-2H3,(H,29,33)/t17?,19?,22-/m1/s1. The zero-order chi connectivity index (χ0) is 27.0. The van der Waals surface area contributed by atoms with Crippen LogP contribution in [0, 0.1) is 5.82 Å². The lowest BCUT2D eigenvalue weighted by atomic mass is 10.0. The molecule has 38 heavy (non-hydrogen) atoms. The van der Waals surface area contributed by atoms with Crippen molar-refractivity contribution in [3.63, 3.8) is 0 Å². The van der Waals surface area contributed by atoms with Gasteiger partial charge in [-0.1, -0.05) is 6.92 Å². The van der Waals surface area contributed by atoms with Gasteiger partial charge in [0, 0.05) is 50.4 Å². The molecule has 2 aromatic heterocycles. The van der Waals surface area contributed by atoms with Crippen LogP contribution in [-0.4, -0.2) is 73.9 Å². The lowest BCUT2D eigenvalue weighted by Gasteiger charge is -2.29. The van der Waals surface area contributed by atoms with Gasteiger partial charge in [-0.25, -0.2) is 18.0 Å². The van der Waals surface area contributed by atoms with E-state index in [1.165, 1.54) is 29.9 Å². The van der Waals surface area contributed by atoms with Gasteiger partial charge >= 0.3 is 10.2 Å². The number of rotatable bonds is 8. The van der Waals surface area contributed by atoms with Gasteiger partial charge in [-0.3, -0.25) is 4.79 Å². The van der Waals surface area contributed by atoms with Crippen LogP contribution in [-0.2, 0) is 14.9 Å². The molecule has 2 aliphatic heterocycles. The zero-order valence-corrected chi connectivity index (χ0v) is 21.8. The van der Waals surface area contributed by atoms with Gasteiger partial charge < -0.3 is 14.4 Å². The molecule has 3 atom stereocenters. The highest BCUT2D eigenvalue weighted by molar-refractivity contribution is 7.87. The smallest absolute Gasteiger partial charge is 0.303 e. The summed E-state index contributed by atoms with van der Waals surface area (Å²) in [6.45, 7) is 2.90. The number of alkyl halides is 1. The number of hydrogen-bond donors (Lipinski definition) is 1. The molecule has 0 bridgehead atoms. The number of anilines is 1. The minimum absolute atomic E-state index is 0.0449. The number of amides is 1. The van der Waals surface area contributed by atoms with Crippen LogP contribution in [0.3, 0.4) is 0 Å². The summed E-state index contributed by atoms with van der Waals surface area (Å²) in [6.07, 6.45) is 2.38. The van der Waals surface area contributed by atoms with E-state index in [2.05, 4.69) is 5.10 Å². The van der Waals surface area contributed by atoms with Gasteiger partial charge in [0.15, 0.2) is 0 Å². The molecule has 0 aliphatic carbocycles. The molecule has 0 spiro atoms. The molecule has 0 saturated carbocycles. The molecule has 2 fully saturated rings. The number of halogens is 2. The topological polar surface area (TPSA) is 105 Å². The third-order valence-corrected chi connectivity index (χ3v) is 8.44. The summed E-state index contributed by atoms with van der Waals surface area (Å²) < 4.78 is 69.9. The van der Waals surface area contributed by atoms with Crippen LogP contribution in [0.4, 0.5) is 14.5 Å². The number of benzene rings is 1. The fraction of sp³-hybridized carbons (Fsp3) is 0.440. The Morgan fingerprint density at radius 2 is 2.13 bits per heavy atom. The van der Waals surface area contributed by atoms with E-state index in [0.29, 0.717) is 42.2 Å². The Balaban J connectivity index is 1.48. The monoisotopic (exact) mass is 549 g/mol. The lowest BCUT2D eigenvalue weighted by Crippen LogP contribution is -2.41. The lowest BCUT2D eigenvalue weighted by molar-refractivity contribution is 0.0981. The highest BCUT2D eigenvalue weighted by atomic mass is 32.2. The molecule has 10 nitrogen and oxygen atoms in total. The number of carbonyl (C=O) groups is 1. The molecule has 1 aromatic carbocycles. The molecular formula is C25H29F2N5O5S. The molecule has 1 N–H and O–H groups in total. The summed E-state index contributed by atoms with van der Waals surface area (Å²) in [6, 6.07) is 7.08. The van der Waals surface area contributed by atoms with Crippen molar-refractivity contribution in [3.05, 3.63) is 59.7 Å². The predicted octanol–water partition coefficient (Wildman–Crippen LogP) is 2.86. The molecule has 3 aromatic rings. The summed E-state index contributed by atoms with van der Waals surface area (Å²) in [4.78, 5) is 14.7. The fourth-order valence-corrected chi connectivity index (χ4v) is 5.62. The number of nitrogens with zero attached hydrogens (tertiary/aromatic N) is 4. The maximum Gasteiger partial charge on any atom is 0.303 e. The van der Waals surface area contributed by atoms with E-state index >= 15 is 0 Å². The maximum absolute atomic E-state index is 14.8. The number of pyridine rings is 1. The highest BCUT2D eigenvalue weighted by Gasteiger charge is 2.36. The third-order valence-electron chi connectivity index (χ3n) is 6.92. The molecule has 0 radical (unpaired) electrons. The highest BCUT2D eigenvalue weighted by Crippen LogP contribution is 2.42. The van der Waals surface area contributed by atoms with Gasteiger partial charge in [0.1, 0.15) is 23.8 Å². The summed E-state index contributed by atoms with van der Waals surface area (Å²) in [7, 11) is -2.67. The number of aromatic nitrogens is 2. The van der Waals surface area contributed by atoms with Crippen molar-refractivity contribution in [2.45, 2.75) is 38.1 Å². The molecule has 5 rings (SSSR count). The minimum atomic E-state index is -4.02. The quantitative estimate of drug-likeness (QED) is 0.461. The average molecular weight is 550 g/mol. The summed E-state index contributed by atoms with van der Waals surface area (Å²) >= 11 is 0. The van der Waals surface area contributed by atoms with Crippen molar-refractivity contribution < 1.29 is 31.5 Å². The number of ether oxygens (including phenoxy) is 2. The van der Waals surface area contributed by atoms with E-state index in [1.54, 1.807) is 36.2 Å². The van der Waals surface area contributed by atoms with Gasteiger partial charge in [-0.15, -0.1) is 0 Å². The van der Waals surface area contributed by atoms with Crippen molar-refractivity contribution in [1.29, 1.82) is 0 Å². The average Bonchev–Trinajstić information content (AvgIpc) is 3.63. The first-order chi connectivity index (χ1) is 18.2. The zero-order valence-electron chi connectivity index (χ0n) is 21.0. The van der Waals surface area contributed by atoms with Gasteiger partial charge in [-0.05, 0) is 30.3 Å². The first-order valence-corrected chi connectivity index (χ1v) is 13.8. The molecule has 2 aliphatic rings. The second-order valence-corrected chi connectivity index (χ2v) is 11.2. The summed E-state index contributed by atoms with van der Waals surface area (Å²) in [5.74, 6) is -0.819. The fourth-order valence-electron chi connectivity index (χ4n) is 4.78. The van der Waals surface area contributed by atoms with Crippen LogP contribution in [0.15, 0.2) is 42.7 Å². The van der Waals surface area contributed by atoms with E-state index in [4.69, 9.17) is 9.47 Å². The van der Waals surface area contributed by atoms with E-state index in [1.807, 2.05) is 4.72 Å². The Labute approximate surface area is 219 Å². The third kappa shape index (κ3) is 5.18. The maximum atomic E-state index is 14.8. The van der Waals surface area contributed by atoms with E-state index in [9.17, 15) is 22.0 Å². The Morgan fingerprint density at radius 1 is 1.32 bits per heavy atom. The molecule has 204 valence electrons. The first kappa shape index (κ1) is 26.3. The van der Waals surface area contributed by atoms with Crippen molar-refractivity contribution in [2.24, 2.45) is 0 Å². The van der Waals surface area contributed by atoms with E-state index in [0.717, 1.165) is 4.31 Å². The van der Waals surface area contributed by atoms with E-state index < -0.39 is 34.1 Å². The second kappa shape index (κ2) is 10.5. The minimum Gasteiger partial charge on any atom is -0.488 e. The van der Waals surface area contributed by atoms with Crippen molar-refractivity contribution in [1.82, 2.24) is 18.6 Å². The molecule has 4 heterocycles. The van der Waals surface area contributed by atoms with Crippen molar-refractivity contribution in [3.8, 4) is 5.75 Å². The molecule has 2 saturated heterocycles. The van der Waals surface area contributed by atoms with Crippen LogP contribution in [0.5, 0.6) is 5.75 Å². The second-order valence-electron chi connectivity index (χ2n) is 9.41. The Kier molecular flexibility index (Phi) is 7.25. The van der Waals surface area contributed by atoms with E-state index in [-0.39, 0.29) is 31.2 Å². The molecular weight excluding hydrogens is 520 g/mol.